The van der Waals surface area contributed by atoms with Crippen LogP contribution >= 0.6 is 0 Å². The minimum absolute atomic E-state index is 0.0542. The van der Waals surface area contributed by atoms with Gasteiger partial charge in [0.05, 0.1) is 5.92 Å². The number of benzene rings is 1. The van der Waals surface area contributed by atoms with Crippen LogP contribution in [0.15, 0.2) is 30.3 Å². The maximum absolute atomic E-state index is 13.0. The van der Waals surface area contributed by atoms with Crippen molar-refractivity contribution in [2.24, 2.45) is 5.92 Å². The summed E-state index contributed by atoms with van der Waals surface area (Å²) in [6.45, 7) is 0. The number of hydrogen-bond acceptors (Lipinski definition) is 2. The first-order chi connectivity index (χ1) is 8.82. The third-order valence-electron chi connectivity index (χ3n) is 3.01. The Morgan fingerprint density at radius 1 is 1.26 bits per heavy atom. The number of alkyl halides is 3. The molecule has 0 saturated carbocycles. The lowest BCUT2D eigenvalue weighted by atomic mass is 10.00. The number of anilines is 1. The molecule has 1 N–H and O–H groups in total. The Morgan fingerprint density at radius 3 is 2.32 bits per heavy atom. The molecule has 102 valence electrons. The van der Waals surface area contributed by atoms with Gasteiger partial charge in [0.15, 0.2) is 0 Å². The van der Waals surface area contributed by atoms with Gasteiger partial charge in [0.25, 0.3) is 0 Å². The van der Waals surface area contributed by atoms with Crippen molar-refractivity contribution >= 4 is 17.6 Å². The van der Waals surface area contributed by atoms with Crippen LogP contribution < -0.4 is 4.90 Å². The molecule has 19 heavy (non-hydrogen) atoms. The summed E-state index contributed by atoms with van der Waals surface area (Å²) in [5.41, 5.74) is 0.0542. The first kappa shape index (κ1) is 13.4. The Kier molecular flexibility index (Phi) is 3.21. The summed E-state index contributed by atoms with van der Waals surface area (Å²) in [5, 5.41) is 8.85. The average molecular weight is 273 g/mol. The van der Waals surface area contributed by atoms with Crippen molar-refractivity contribution in [2.75, 3.05) is 4.90 Å². The molecule has 1 heterocycles. The van der Waals surface area contributed by atoms with Crippen LogP contribution in [0.4, 0.5) is 18.9 Å². The standard InChI is InChI=1S/C12H10F3NO3/c13-12(14,15)10-8(11(18)19)6-9(17)16(10)7-4-2-1-3-5-7/h1-5,8,10H,6H2,(H,18,19). The summed E-state index contributed by atoms with van der Waals surface area (Å²) in [6.07, 6.45) is -5.43. The Balaban J connectivity index is 2.46. The van der Waals surface area contributed by atoms with Gasteiger partial charge in [-0.1, -0.05) is 18.2 Å². The normalized spacial score (nSPS) is 23.7. The van der Waals surface area contributed by atoms with Crippen LogP contribution in [-0.4, -0.2) is 29.2 Å². The van der Waals surface area contributed by atoms with Gasteiger partial charge in [-0.15, -0.1) is 0 Å². The molecule has 7 heteroatoms. The van der Waals surface area contributed by atoms with E-state index in [4.69, 9.17) is 5.11 Å². The summed E-state index contributed by atoms with van der Waals surface area (Å²) >= 11 is 0. The average Bonchev–Trinajstić information content (AvgIpc) is 2.68. The van der Waals surface area contributed by atoms with E-state index in [1.165, 1.54) is 24.3 Å². The number of para-hydroxylation sites is 1. The first-order valence-corrected chi connectivity index (χ1v) is 5.49. The largest absolute Gasteiger partial charge is 0.481 e. The number of amides is 1. The summed E-state index contributed by atoms with van der Waals surface area (Å²) < 4.78 is 39.1. The van der Waals surface area contributed by atoms with E-state index in [2.05, 4.69) is 0 Å². The van der Waals surface area contributed by atoms with Gasteiger partial charge in [0, 0.05) is 12.1 Å². The van der Waals surface area contributed by atoms with E-state index < -0.39 is 36.4 Å². The summed E-state index contributed by atoms with van der Waals surface area (Å²) in [4.78, 5) is 23.1. The van der Waals surface area contributed by atoms with Gasteiger partial charge < -0.3 is 5.11 Å². The number of carbonyl (C=O) groups is 2. The number of carbonyl (C=O) groups excluding carboxylic acids is 1. The molecule has 2 unspecified atom stereocenters. The Hall–Kier alpha value is -2.05. The molecule has 0 spiro atoms. The predicted octanol–water partition coefficient (Wildman–Crippen LogP) is 2.06. The van der Waals surface area contributed by atoms with Crippen molar-refractivity contribution in [1.82, 2.24) is 0 Å². The molecular formula is C12H10F3NO3. The lowest BCUT2D eigenvalue weighted by Gasteiger charge is -2.28. The fraction of sp³-hybridized carbons (Fsp3) is 0.333. The van der Waals surface area contributed by atoms with Gasteiger partial charge in [-0.25, -0.2) is 0 Å². The minimum Gasteiger partial charge on any atom is -0.481 e. The summed E-state index contributed by atoms with van der Waals surface area (Å²) in [6, 6.07) is 4.96. The molecule has 4 nitrogen and oxygen atoms in total. The van der Waals surface area contributed by atoms with E-state index in [1.54, 1.807) is 6.07 Å². The van der Waals surface area contributed by atoms with E-state index in [0.717, 1.165) is 0 Å². The number of aliphatic carboxylic acids is 1. The molecule has 2 atom stereocenters. The van der Waals surface area contributed by atoms with E-state index in [9.17, 15) is 22.8 Å². The number of rotatable bonds is 2. The zero-order valence-electron chi connectivity index (χ0n) is 9.59. The van der Waals surface area contributed by atoms with Crippen molar-refractivity contribution in [3.63, 3.8) is 0 Å². The van der Waals surface area contributed by atoms with Gasteiger partial charge in [0.1, 0.15) is 6.04 Å². The van der Waals surface area contributed by atoms with Crippen molar-refractivity contribution < 1.29 is 27.9 Å². The van der Waals surface area contributed by atoms with E-state index in [1.807, 2.05) is 0 Å². The minimum atomic E-state index is -4.79. The van der Waals surface area contributed by atoms with Crippen LogP contribution in [0.5, 0.6) is 0 Å². The van der Waals surface area contributed by atoms with Gasteiger partial charge in [-0.05, 0) is 12.1 Å². The molecule has 0 bridgehead atoms. The highest BCUT2D eigenvalue weighted by molar-refractivity contribution is 6.00. The topological polar surface area (TPSA) is 57.6 Å². The molecule has 1 amide bonds. The molecule has 1 saturated heterocycles. The van der Waals surface area contributed by atoms with Gasteiger partial charge in [0.2, 0.25) is 5.91 Å². The smallest absolute Gasteiger partial charge is 0.410 e. The third kappa shape index (κ3) is 2.40. The zero-order valence-corrected chi connectivity index (χ0v) is 9.59. The van der Waals surface area contributed by atoms with E-state index in [-0.39, 0.29) is 5.69 Å². The lowest BCUT2D eigenvalue weighted by Crippen LogP contribution is -2.48. The predicted molar refractivity (Wildman–Crippen MR) is 59.5 cm³/mol. The Bertz CT molecular complexity index is 501. The fourth-order valence-corrected chi connectivity index (χ4v) is 2.22. The summed E-state index contributed by atoms with van der Waals surface area (Å²) in [5.74, 6) is -4.22. The van der Waals surface area contributed by atoms with Gasteiger partial charge >= 0.3 is 12.1 Å². The van der Waals surface area contributed by atoms with Crippen LogP contribution in [0, 0.1) is 5.92 Å². The van der Waals surface area contributed by atoms with Crippen LogP contribution in [0.25, 0.3) is 0 Å². The van der Waals surface area contributed by atoms with Crippen LogP contribution in [0.2, 0.25) is 0 Å². The highest BCUT2D eigenvalue weighted by Crippen LogP contribution is 2.40. The lowest BCUT2D eigenvalue weighted by molar-refractivity contribution is -0.169. The highest BCUT2D eigenvalue weighted by atomic mass is 19.4. The molecule has 1 fully saturated rings. The molecule has 1 aromatic rings. The fourth-order valence-electron chi connectivity index (χ4n) is 2.22. The molecule has 2 rings (SSSR count). The number of carboxylic acids is 1. The van der Waals surface area contributed by atoms with Crippen molar-refractivity contribution in [2.45, 2.75) is 18.6 Å². The number of nitrogens with zero attached hydrogens (tertiary/aromatic N) is 1. The third-order valence-corrected chi connectivity index (χ3v) is 3.01. The van der Waals surface area contributed by atoms with Gasteiger partial charge in [-0.3, -0.25) is 14.5 Å². The van der Waals surface area contributed by atoms with Gasteiger partial charge in [-0.2, -0.15) is 13.2 Å². The second-order valence-electron chi connectivity index (χ2n) is 4.23. The number of carboxylic acid groups (broad SMARTS) is 1. The number of halogens is 3. The highest BCUT2D eigenvalue weighted by Gasteiger charge is 2.57. The molecule has 1 aliphatic heterocycles. The van der Waals surface area contributed by atoms with Crippen LogP contribution in [-0.2, 0) is 9.59 Å². The van der Waals surface area contributed by atoms with Crippen molar-refractivity contribution in [1.29, 1.82) is 0 Å². The van der Waals surface area contributed by atoms with Crippen LogP contribution in [0.1, 0.15) is 6.42 Å². The van der Waals surface area contributed by atoms with Crippen molar-refractivity contribution in [3.8, 4) is 0 Å². The Morgan fingerprint density at radius 2 is 1.84 bits per heavy atom. The zero-order chi connectivity index (χ0) is 14.2. The quantitative estimate of drug-likeness (QED) is 0.897. The first-order valence-electron chi connectivity index (χ1n) is 5.49. The maximum Gasteiger partial charge on any atom is 0.410 e. The van der Waals surface area contributed by atoms with Crippen molar-refractivity contribution in [3.05, 3.63) is 30.3 Å². The van der Waals surface area contributed by atoms with Crippen LogP contribution in [0.3, 0.4) is 0 Å². The molecular weight excluding hydrogens is 263 g/mol. The second kappa shape index (κ2) is 4.56. The van der Waals surface area contributed by atoms with E-state index in [0.29, 0.717) is 4.90 Å². The Labute approximate surface area is 106 Å². The SMILES string of the molecule is O=C(O)C1CC(=O)N(c2ccccc2)C1C(F)(F)F. The maximum atomic E-state index is 13.0. The monoisotopic (exact) mass is 273 g/mol. The number of hydrogen-bond donors (Lipinski definition) is 1. The summed E-state index contributed by atoms with van der Waals surface area (Å²) in [7, 11) is 0. The molecule has 1 aliphatic rings. The molecule has 0 aliphatic carbocycles. The van der Waals surface area contributed by atoms with E-state index >= 15 is 0 Å². The molecule has 1 aromatic carbocycles. The molecule has 0 radical (unpaired) electrons. The molecule has 0 aromatic heterocycles. The second-order valence-corrected chi connectivity index (χ2v) is 4.23.